The van der Waals surface area contributed by atoms with E-state index >= 15 is 0 Å². The van der Waals surface area contributed by atoms with Crippen molar-refractivity contribution in [2.45, 2.75) is 84.0 Å². The van der Waals surface area contributed by atoms with Crippen LogP contribution in [0.3, 0.4) is 0 Å². The first-order valence-electron chi connectivity index (χ1n) is 10.2. The highest BCUT2D eigenvalue weighted by atomic mass is 16.5. The summed E-state index contributed by atoms with van der Waals surface area (Å²) >= 11 is 0. The lowest BCUT2D eigenvalue weighted by Crippen LogP contribution is -2.43. The molecule has 0 bridgehead atoms. The molecular formula is C20H35NO3. The molecule has 4 heteroatoms. The van der Waals surface area contributed by atoms with Gasteiger partial charge in [-0.05, 0) is 32.1 Å². The van der Waals surface area contributed by atoms with Crippen LogP contribution < -0.4 is 0 Å². The van der Waals surface area contributed by atoms with E-state index in [1.54, 1.807) is 0 Å². The third kappa shape index (κ3) is 6.10. The van der Waals surface area contributed by atoms with Crippen LogP contribution in [0.15, 0.2) is 0 Å². The second-order valence-electron chi connectivity index (χ2n) is 7.52. The van der Waals surface area contributed by atoms with Gasteiger partial charge < -0.3 is 9.64 Å². The van der Waals surface area contributed by atoms with Crippen molar-refractivity contribution in [3.63, 3.8) is 0 Å². The van der Waals surface area contributed by atoms with Crippen LogP contribution in [0.2, 0.25) is 0 Å². The molecule has 0 aromatic carbocycles. The Balaban J connectivity index is 1.61. The molecule has 0 aromatic heterocycles. The van der Waals surface area contributed by atoms with Crippen LogP contribution in [0, 0.1) is 11.8 Å². The van der Waals surface area contributed by atoms with E-state index in [4.69, 9.17) is 4.74 Å². The Morgan fingerprint density at radius 2 is 1.54 bits per heavy atom. The predicted molar refractivity (Wildman–Crippen MR) is 95.6 cm³/mol. The van der Waals surface area contributed by atoms with Gasteiger partial charge in [-0.25, -0.2) is 0 Å². The summed E-state index contributed by atoms with van der Waals surface area (Å²) in [6.07, 6.45) is 13.2. The zero-order chi connectivity index (χ0) is 17.2. The van der Waals surface area contributed by atoms with Crippen molar-refractivity contribution in [3.8, 4) is 0 Å². The van der Waals surface area contributed by atoms with E-state index in [-0.39, 0.29) is 17.8 Å². The first-order chi connectivity index (χ1) is 11.7. The van der Waals surface area contributed by atoms with Crippen LogP contribution in [0.1, 0.15) is 84.0 Å². The molecule has 0 spiro atoms. The molecule has 0 unspecified atom stereocenters. The van der Waals surface area contributed by atoms with Crippen molar-refractivity contribution in [1.29, 1.82) is 0 Å². The second-order valence-corrected chi connectivity index (χ2v) is 7.52. The molecule has 1 heterocycles. The fraction of sp³-hybridized carbons (Fsp3) is 0.900. The third-order valence-corrected chi connectivity index (χ3v) is 5.59. The number of esters is 1. The Hall–Kier alpha value is -1.06. The highest BCUT2D eigenvalue weighted by Crippen LogP contribution is 2.27. The summed E-state index contributed by atoms with van der Waals surface area (Å²) in [5.41, 5.74) is 0. The molecule has 1 amide bonds. The predicted octanol–water partition coefficient (Wildman–Crippen LogP) is 4.32. The number of likely N-dealkylation sites (tertiary alicyclic amines) is 1. The second kappa shape index (κ2) is 10.7. The lowest BCUT2D eigenvalue weighted by molar-refractivity contribution is -0.152. The quantitative estimate of drug-likeness (QED) is 0.489. The van der Waals surface area contributed by atoms with Crippen LogP contribution in [0.5, 0.6) is 0 Å². The highest BCUT2D eigenvalue weighted by molar-refractivity contribution is 5.79. The first kappa shape index (κ1) is 19.3. The van der Waals surface area contributed by atoms with E-state index in [0.29, 0.717) is 12.5 Å². The van der Waals surface area contributed by atoms with Crippen LogP contribution >= 0.6 is 0 Å². The van der Waals surface area contributed by atoms with E-state index < -0.39 is 0 Å². The summed E-state index contributed by atoms with van der Waals surface area (Å²) in [4.78, 5) is 26.7. The number of hydrogen-bond acceptors (Lipinski definition) is 3. The number of carbonyl (C=O) groups excluding carboxylic acids is 2. The van der Waals surface area contributed by atoms with Gasteiger partial charge in [-0.15, -0.1) is 0 Å². The summed E-state index contributed by atoms with van der Waals surface area (Å²) < 4.78 is 5.43. The average molecular weight is 338 g/mol. The van der Waals surface area contributed by atoms with Gasteiger partial charge in [0.1, 0.15) is 0 Å². The Kier molecular flexibility index (Phi) is 8.62. The summed E-state index contributed by atoms with van der Waals surface area (Å²) in [6.45, 7) is 4.21. The number of nitrogens with zero attached hydrogens (tertiary/aromatic N) is 1. The molecule has 1 aliphatic carbocycles. The topological polar surface area (TPSA) is 46.6 Å². The zero-order valence-electron chi connectivity index (χ0n) is 15.4. The van der Waals surface area contributed by atoms with Gasteiger partial charge in [-0.3, -0.25) is 9.59 Å². The van der Waals surface area contributed by atoms with Gasteiger partial charge in [0.25, 0.3) is 0 Å². The molecule has 4 nitrogen and oxygen atoms in total. The molecule has 2 rings (SSSR count). The van der Waals surface area contributed by atoms with E-state index in [2.05, 4.69) is 6.92 Å². The highest BCUT2D eigenvalue weighted by Gasteiger charge is 2.31. The van der Waals surface area contributed by atoms with Crippen LogP contribution in [-0.4, -0.2) is 36.5 Å². The van der Waals surface area contributed by atoms with Crippen LogP contribution in [0.25, 0.3) is 0 Å². The number of rotatable bonds is 8. The average Bonchev–Trinajstić information content (AvgIpc) is 2.64. The molecule has 2 fully saturated rings. The Bertz CT molecular complexity index is 382. The molecule has 0 radical (unpaired) electrons. The van der Waals surface area contributed by atoms with E-state index in [1.807, 2.05) is 4.90 Å². The standard InChI is InChI=1S/C20H35NO3/c1-2-3-4-5-9-16-24-20(23)18-12-14-21(15-13-18)19(22)17-10-7-6-8-11-17/h17-18H,2-16H2,1H3. The van der Waals surface area contributed by atoms with Crippen molar-refractivity contribution >= 4 is 11.9 Å². The van der Waals surface area contributed by atoms with Gasteiger partial charge in [0, 0.05) is 19.0 Å². The van der Waals surface area contributed by atoms with Gasteiger partial charge in [0.2, 0.25) is 5.91 Å². The molecule has 24 heavy (non-hydrogen) atoms. The van der Waals surface area contributed by atoms with Gasteiger partial charge >= 0.3 is 5.97 Å². The van der Waals surface area contributed by atoms with E-state index in [1.165, 1.54) is 38.5 Å². The van der Waals surface area contributed by atoms with Crippen LogP contribution in [-0.2, 0) is 14.3 Å². The molecule has 1 saturated carbocycles. The monoisotopic (exact) mass is 337 g/mol. The maximum atomic E-state index is 12.5. The Morgan fingerprint density at radius 3 is 2.21 bits per heavy atom. The van der Waals surface area contributed by atoms with Crippen molar-refractivity contribution in [2.75, 3.05) is 19.7 Å². The zero-order valence-corrected chi connectivity index (χ0v) is 15.4. The lowest BCUT2D eigenvalue weighted by Gasteiger charge is -2.34. The SMILES string of the molecule is CCCCCCCOC(=O)C1CCN(C(=O)C2CCCCC2)CC1. The molecule has 138 valence electrons. The van der Waals surface area contributed by atoms with Gasteiger partial charge in [-0.1, -0.05) is 51.9 Å². The molecule has 1 aliphatic heterocycles. The fourth-order valence-corrected chi connectivity index (χ4v) is 3.94. The van der Waals surface area contributed by atoms with E-state index in [0.717, 1.165) is 51.6 Å². The molecule has 0 atom stereocenters. The molecule has 0 aromatic rings. The maximum absolute atomic E-state index is 12.5. The summed E-state index contributed by atoms with van der Waals surface area (Å²) in [5, 5.41) is 0. The normalized spacial score (nSPS) is 20.1. The molecule has 2 aliphatic rings. The van der Waals surface area contributed by atoms with Crippen molar-refractivity contribution in [2.24, 2.45) is 11.8 Å². The lowest BCUT2D eigenvalue weighted by atomic mass is 9.87. The third-order valence-electron chi connectivity index (χ3n) is 5.59. The van der Waals surface area contributed by atoms with Crippen molar-refractivity contribution < 1.29 is 14.3 Å². The number of piperidine rings is 1. The number of amides is 1. The minimum Gasteiger partial charge on any atom is -0.465 e. The Morgan fingerprint density at radius 1 is 0.875 bits per heavy atom. The Labute approximate surface area is 147 Å². The first-order valence-corrected chi connectivity index (χ1v) is 10.2. The maximum Gasteiger partial charge on any atom is 0.309 e. The van der Waals surface area contributed by atoms with Crippen LogP contribution in [0.4, 0.5) is 0 Å². The fourth-order valence-electron chi connectivity index (χ4n) is 3.94. The van der Waals surface area contributed by atoms with Gasteiger partial charge in [0.15, 0.2) is 0 Å². The minimum absolute atomic E-state index is 0.00366. The smallest absolute Gasteiger partial charge is 0.309 e. The minimum atomic E-state index is -0.0461. The van der Waals surface area contributed by atoms with Gasteiger partial charge in [0.05, 0.1) is 12.5 Å². The number of hydrogen-bond donors (Lipinski definition) is 0. The summed E-state index contributed by atoms with van der Waals surface area (Å²) in [7, 11) is 0. The van der Waals surface area contributed by atoms with Crippen molar-refractivity contribution in [1.82, 2.24) is 4.90 Å². The summed E-state index contributed by atoms with van der Waals surface area (Å²) in [5.74, 6) is 0.522. The number of ether oxygens (including phenoxy) is 1. The largest absolute Gasteiger partial charge is 0.465 e. The van der Waals surface area contributed by atoms with Crippen molar-refractivity contribution in [3.05, 3.63) is 0 Å². The van der Waals surface area contributed by atoms with E-state index in [9.17, 15) is 9.59 Å². The molecular weight excluding hydrogens is 302 g/mol. The number of carbonyl (C=O) groups is 2. The van der Waals surface area contributed by atoms with Gasteiger partial charge in [-0.2, -0.15) is 0 Å². The number of unbranched alkanes of at least 4 members (excludes halogenated alkanes) is 4. The molecule has 1 saturated heterocycles. The summed E-state index contributed by atoms with van der Waals surface area (Å²) in [6, 6.07) is 0. The molecule has 0 N–H and O–H groups in total.